The first kappa shape index (κ1) is 30.7. The summed E-state index contributed by atoms with van der Waals surface area (Å²) in [4.78, 5) is 33.0. The Labute approximate surface area is 270 Å². The number of benzene rings is 3. The van der Waals surface area contributed by atoms with Crippen molar-refractivity contribution >= 4 is 23.4 Å². The summed E-state index contributed by atoms with van der Waals surface area (Å²) in [5.41, 5.74) is 8.15. The molecule has 6 rings (SSSR count). The topological polar surface area (TPSA) is 87.7 Å². The maximum atomic E-state index is 14.4. The second kappa shape index (κ2) is 12.6. The molecule has 0 saturated carbocycles. The van der Waals surface area contributed by atoms with Crippen molar-refractivity contribution < 1.29 is 14.3 Å². The van der Waals surface area contributed by atoms with Crippen LogP contribution < -0.4 is 19.6 Å². The Morgan fingerprint density at radius 1 is 1.02 bits per heavy atom. The number of ether oxygens (including phenoxy) is 2. The van der Waals surface area contributed by atoms with E-state index in [1.165, 1.54) is 23.0 Å². The van der Waals surface area contributed by atoms with Gasteiger partial charge in [0.15, 0.2) is 4.80 Å². The summed E-state index contributed by atoms with van der Waals surface area (Å²) >= 11 is 1.28. The molecular formula is C37H34N4O4S. The fourth-order valence-electron chi connectivity index (χ4n) is 5.99. The van der Waals surface area contributed by atoms with Gasteiger partial charge in [-0.1, -0.05) is 72.0 Å². The molecular weight excluding hydrogens is 596 g/mol. The van der Waals surface area contributed by atoms with Crippen molar-refractivity contribution in [1.29, 1.82) is 0 Å². The Morgan fingerprint density at radius 3 is 2.37 bits per heavy atom. The van der Waals surface area contributed by atoms with Crippen LogP contribution >= 0.6 is 11.3 Å². The standard InChI is InChI=1S/C37H34N4O4S/c1-7-17-45-36(43)32-25(5)38-37-41(34(32)26-13-15-29(44-6)16-14-26)35(42)30(46-37)20-27-21-40(28-11-9-8-10-12-28)39-33(27)31-23(3)18-22(2)19-24(31)4/h7-16,18-21,34H,1,17H2,2-6H3. The summed E-state index contributed by atoms with van der Waals surface area (Å²) in [7, 11) is 1.59. The van der Waals surface area contributed by atoms with Crippen LogP contribution in [0.15, 0.2) is 107 Å². The van der Waals surface area contributed by atoms with Crippen LogP contribution in [0.4, 0.5) is 0 Å². The smallest absolute Gasteiger partial charge is 0.338 e. The van der Waals surface area contributed by atoms with Crippen molar-refractivity contribution in [1.82, 2.24) is 14.3 Å². The molecule has 1 atom stereocenters. The van der Waals surface area contributed by atoms with E-state index in [-0.39, 0.29) is 12.2 Å². The number of allylic oxidation sites excluding steroid dienone is 1. The highest BCUT2D eigenvalue weighted by atomic mass is 32.1. The molecule has 0 fully saturated rings. The number of hydrogen-bond donors (Lipinski definition) is 0. The Hall–Kier alpha value is -5.28. The van der Waals surface area contributed by atoms with E-state index in [9.17, 15) is 9.59 Å². The quantitative estimate of drug-likeness (QED) is 0.161. The average Bonchev–Trinajstić information content (AvgIpc) is 3.59. The van der Waals surface area contributed by atoms with E-state index in [1.807, 2.05) is 71.6 Å². The minimum absolute atomic E-state index is 0.0430. The molecule has 1 aliphatic rings. The molecule has 1 unspecified atom stereocenters. The van der Waals surface area contributed by atoms with Gasteiger partial charge in [-0.3, -0.25) is 9.36 Å². The third-order valence-corrected chi connectivity index (χ3v) is 8.95. The van der Waals surface area contributed by atoms with Crippen LogP contribution in [-0.2, 0) is 9.53 Å². The number of carbonyl (C=O) groups excluding carboxylic acids is 1. The monoisotopic (exact) mass is 630 g/mol. The zero-order valence-electron chi connectivity index (χ0n) is 26.4. The predicted molar refractivity (Wildman–Crippen MR) is 181 cm³/mol. The van der Waals surface area contributed by atoms with Crippen LogP contribution in [0.1, 0.15) is 40.8 Å². The first-order chi connectivity index (χ1) is 22.2. The third kappa shape index (κ3) is 5.65. The molecule has 5 aromatic rings. The molecule has 2 aromatic heterocycles. The Balaban J connectivity index is 1.57. The van der Waals surface area contributed by atoms with Gasteiger partial charge in [0.2, 0.25) is 0 Å². The van der Waals surface area contributed by atoms with Gasteiger partial charge in [0, 0.05) is 17.3 Å². The number of hydrogen-bond acceptors (Lipinski definition) is 7. The van der Waals surface area contributed by atoms with Gasteiger partial charge in [-0.15, -0.1) is 0 Å². The van der Waals surface area contributed by atoms with Gasteiger partial charge in [-0.25, -0.2) is 14.5 Å². The molecule has 0 aliphatic carbocycles. The number of esters is 1. The molecule has 232 valence electrons. The third-order valence-electron chi connectivity index (χ3n) is 7.97. The first-order valence-corrected chi connectivity index (χ1v) is 15.7. The van der Waals surface area contributed by atoms with E-state index >= 15 is 0 Å². The average molecular weight is 631 g/mol. The summed E-state index contributed by atoms with van der Waals surface area (Å²) in [6.07, 6.45) is 5.34. The molecule has 0 amide bonds. The summed E-state index contributed by atoms with van der Waals surface area (Å²) in [5.74, 6) is 0.116. The van der Waals surface area contributed by atoms with Gasteiger partial charge in [-0.05, 0) is 74.7 Å². The zero-order valence-corrected chi connectivity index (χ0v) is 27.2. The molecule has 3 aromatic carbocycles. The van der Waals surface area contributed by atoms with Crippen molar-refractivity contribution in [2.75, 3.05) is 13.7 Å². The van der Waals surface area contributed by atoms with E-state index in [1.54, 1.807) is 18.6 Å². The molecule has 8 nitrogen and oxygen atoms in total. The Morgan fingerprint density at radius 2 is 1.72 bits per heavy atom. The molecule has 0 bridgehead atoms. The number of methoxy groups -OCH3 is 1. The fourth-order valence-corrected chi connectivity index (χ4v) is 7.03. The van der Waals surface area contributed by atoms with Crippen LogP contribution in [-0.4, -0.2) is 34.0 Å². The van der Waals surface area contributed by atoms with E-state index in [2.05, 4.69) is 39.5 Å². The maximum absolute atomic E-state index is 14.4. The van der Waals surface area contributed by atoms with E-state index in [0.29, 0.717) is 26.4 Å². The van der Waals surface area contributed by atoms with Crippen molar-refractivity contribution in [3.63, 3.8) is 0 Å². The summed E-state index contributed by atoms with van der Waals surface area (Å²) < 4.78 is 14.7. The van der Waals surface area contributed by atoms with E-state index in [0.717, 1.165) is 39.2 Å². The van der Waals surface area contributed by atoms with Crippen molar-refractivity contribution in [3.05, 3.63) is 144 Å². The van der Waals surface area contributed by atoms with E-state index < -0.39 is 12.0 Å². The molecule has 1 aliphatic heterocycles. The van der Waals surface area contributed by atoms with Gasteiger partial charge in [-0.2, -0.15) is 5.10 Å². The summed E-state index contributed by atoms with van der Waals surface area (Å²) in [6.45, 7) is 11.7. The lowest BCUT2D eigenvalue weighted by atomic mass is 9.95. The molecule has 0 saturated heterocycles. The number of para-hydroxylation sites is 1. The van der Waals surface area contributed by atoms with Gasteiger partial charge < -0.3 is 9.47 Å². The molecule has 0 radical (unpaired) electrons. The van der Waals surface area contributed by atoms with Crippen LogP contribution in [0.5, 0.6) is 5.75 Å². The minimum Gasteiger partial charge on any atom is -0.497 e. The molecule has 9 heteroatoms. The van der Waals surface area contributed by atoms with Gasteiger partial charge in [0.1, 0.15) is 18.1 Å². The second-order valence-electron chi connectivity index (χ2n) is 11.2. The van der Waals surface area contributed by atoms with Crippen molar-refractivity contribution in [2.24, 2.45) is 4.99 Å². The normalized spacial score (nSPS) is 14.5. The van der Waals surface area contributed by atoms with Crippen molar-refractivity contribution in [3.8, 4) is 22.7 Å². The highest BCUT2D eigenvalue weighted by Gasteiger charge is 2.33. The molecule has 0 spiro atoms. The Kier molecular flexibility index (Phi) is 8.42. The number of thiazole rings is 1. The van der Waals surface area contributed by atoms with Crippen LogP contribution in [0.25, 0.3) is 23.0 Å². The predicted octanol–water partition coefficient (Wildman–Crippen LogP) is 5.75. The van der Waals surface area contributed by atoms with E-state index in [4.69, 9.17) is 19.6 Å². The minimum atomic E-state index is -0.741. The highest BCUT2D eigenvalue weighted by molar-refractivity contribution is 7.07. The molecule has 3 heterocycles. The molecule has 46 heavy (non-hydrogen) atoms. The Bertz CT molecular complexity index is 2170. The van der Waals surface area contributed by atoms with Gasteiger partial charge >= 0.3 is 5.97 Å². The second-order valence-corrected chi connectivity index (χ2v) is 12.2. The van der Waals surface area contributed by atoms with Crippen LogP contribution in [0.3, 0.4) is 0 Å². The number of nitrogens with zero attached hydrogens (tertiary/aromatic N) is 4. The largest absolute Gasteiger partial charge is 0.497 e. The number of aromatic nitrogens is 3. The lowest BCUT2D eigenvalue weighted by Crippen LogP contribution is -2.39. The number of carbonyl (C=O) groups is 1. The lowest BCUT2D eigenvalue weighted by molar-refractivity contribution is -0.138. The number of aryl methyl sites for hydroxylation is 3. The SMILES string of the molecule is C=CCOC(=O)C1=C(C)N=c2sc(=Cc3cn(-c4ccccc4)nc3-c3c(C)cc(C)cc3C)c(=O)n2C1c1ccc(OC)cc1. The van der Waals surface area contributed by atoms with Crippen LogP contribution in [0.2, 0.25) is 0 Å². The number of rotatable bonds is 8. The molecule has 0 N–H and O–H groups in total. The van der Waals surface area contributed by atoms with Gasteiger partial charge in [0.05, 0.1) is 34.6 Å². The van der Waals surface area contributed by atoms with Crippen LogP contribution in [0, 0.1) is 20.8 Å². The summed E-state index contributed by atoms with van der Waals surface area (Å²) in [5, 5.41) is 5.03. The highest BCUT2D eigenvalue weighted by Crippen LogP contribution is 2.33. The first-order valence-electron chi connectivity index (χ1n) is 14.9. The van der Waals surface area contributed by atoms with Gasteiger partial charge in [0.25, 0.3) is 5.56 Å². The number of fused-ring (bicyclic) bond motifs is 1. The summed E-state index contributed by atoms with van der Waals surface area (Å²) in [6, 6.07) is 20.8. The zero-order chi connectivity index (χ0) is 32.5. The lowest BCUT2D eigenvalue weighted by Gasteiger charge is -2.24. The fraction of sp³-hybridized carbons (Fsp3) is 0.189. The maximum Gasteiger partial charge on any atom is 0.338 e. The van der Waals surface area contributed by atoms with Crippen molar-refractivity contribution in [2.45, 2.75) is 33.7 Å².